The van der Waals surface area contributed by atoms with E-state index in [0.717, 1.165) is 5.56 Å². The maximum Gasteiger partial charge on any atom is 0.223 e. The average molecular weight is 304 g/mol. The van der Waals surface area contributed by atoms with Crippen molar-refractivity contribution in [1.29, 1.82) is 0 Å². The Kier molecular flexibility index (Phi) is 7.02. The highest BCUT2D eigenvalue weighted by molar-refractivity contribution is 5.77. The predicted octanol–water partition coefficient (Wildman–Crippen LogP) is 2.42. The minimum Gasteiger partial charge on any atom is -0.493 e. The van der Waals surface area contributed by atoms with Crippen LogP contribution in [0.4, 0.5) is 5.69 Å². The molecule has 1 aromatic carbocycles. The number of carbonyl (C=O) groups is 1. The van der Waals surface area contributed by atoms with Gasteiger partial charge in [-0.15, -0.1) is 13.2 Å². The van der Waals surface area contributed by atoms with Gasteiger partial charge in [-0.1, -0.05) is 12.2 Å². The van der Waals surface area contributed by atoms with Crippen LogP contribution in [-0.4, -0.2) is 38.1 Å². The van der Waals surface area contributed by atoms with Crippen LogP contribution in [0.15, 0.2) is 37.4 Å². The number of carbonyl (C=O) groups excluding carboxylic acids is 1. The Morgan fingerprint density at radius 1 is 1.23 bits per heavy atom. The molecule has 22 heavy (non-hydrogen) atoms. The van der Waals surface area contributed by atoms with Gasteiger partial charge in [0.2, 0.25) is 5.91 Å². The van der Waals surface area contributed by atoms with Crippen LogP contribution in [0.1, 0.15) is 12.0 Å². The smallest absolute Gasteiger partial charge is 0.223 e. The van der Waals surface area contributed by atoms with Gasteiger partial charge in [0, 0.05) is 19.5 Å². The molecule has 0 aliphatic rings. The second-order valence-electron chi connectivity index (χ2n) is 4.80. The summed E-state index contributed by atoms with van der Waals surface area (Å²) < 4.78 is 10.5. The van der Waals surface area contributed by atoms with Gasteiger partial charge in [0.05, 0.1) is 19.9 Å². The summed E-state index contributed by atoms with van der Waals surface area (Å²) in [5.74, 6) is 1.13. The van der Waals surface area contributed by atoms with Crippen molar-refractivity contribution in [3.63, 3.8) is 0 Å². The summed E-state index contributed by atoms with van der Waals surface area (Å²) in [5.41, 5.74) is 7.37. The van der Waals surface area contributed by atoms with Crippen molar-refractivity contribution in [2.45, 2.75) is 12.8 Å². The number of hydrogen-bond acceptors (Lipinski definition) is 4. The maximum atomic E-state index is 12.2. The van der Waals surface area contributed by atoms with Gasteiger partial charge >= 0.3 is 0 Å². The van der Waals surface area contributed by atoms with Crippen LogP contribution >= 0.6 is 0 Å². The van der Waals surface area contributed by atoms with Crippen LogP contribution in [0.5, 0.6) is 11.5 Å². The van der Waals surface area contributed by atoms with Crippen molar-refractivity contribution >= 4 is 11.6 Å². The third-order valence-corrected chi connectivity index (χ3v) is 3.25. The summed E-state index contributed by atoms with van der Waals surface area (Å²) in [5, 5.41) is 0. The third-order valence-electron chi connectivity index (χ3n) is 3.25. The van der Waals surface area contributed by atoms with Crippen LogP contribution in [0.2, 0.25) is 0 Å². The maximum absolute atomic E-state index is 12.2. The van der Waals surface area contributed by atoms with E-state index in [1.807, 2.05) is 6.07 Å². The first kappa shape index (κ1) is 17.6. The van der Waals surface area contributed by atoms with E-state index in [9.17, 15) is 4.79 Å². The second kappa shape index (κ2) is 8.77. The van der Waals surface area contributed by atoms with Crippen molar-refractivity contribution in [3.05, 3.63) is 43.0 Å². The molecule has 0 heterocycles. The van der Waals surface area contributed by atoms with Gasteiger partial charge in [-0.25, -0.2) is 0 Å². The van der Waals surface area contributed by atoms with E-state index in [2.05, 4.69) is 13.2 Å². The zero-order valence-corrected chi connectivity index (χ0v) is 13.3. The molecular formula is C17H24N2O3. The highest BCUT2D eigenvalue weighted by atomic mass is 16.5. The Hall–Kier alpha value is -2.43. The lowest BCUT2D eigenvalue weighted by Gasteiger charge is -2.19. The summed E-state index contributed by atoms with van der Waals surface area (Å²) in [6.45, 7) is 8.35. The third kappa shape index (κ3) is 4.55. The predicted molar refractivity (Wildman–Crippen MR) is 89.3 cm³/mol. The number of methoxy groups -OCH3 is 2. The molecular weight excluding hydrogens is 280 g/mol. The number of amides is 1. The molecule has 0 fully saturated rings. The Morgan fingerprint density at radius 3 is 2.36 bits per heavy atom. The number of nitrogens with zero attached hydrogens (tertiary/aromatic N) is 1. The van der Waals surface area contributed by atoms with E-state index in [4.69, 9.17) is 15.2 Å². The van der Waals surface area contributed by atoms with E-state index in [0.29, 0.717) is 43.1 Å². The van der Waals surface area contributed by atoms with Crippen molar-refractivity contribution in [2.75, 3.05) is 33.0 Å². The van der Waals surface area contributed by atoms with E-state index in [1.54, 1.807) is 37.3 Å². The normalized spacial score (nSPS) is 9.91. The number of benzene rings is 1. The van der Waals surface area contributed by atoms with Gasteiger partial charge in [0.15, 0.2) is 11.5 Å². The molecule has 0 spiro atoms. The van der Waals surface area contributed by atoms with Gasteiger partial charge in [-0.2, -0.15) is 0 Å². The lowest BCUT2D eigenvalue weighted by molar-refractivity contribution is -0.130. The SMILES string of the molecule is C=CCN(CC=C)C(=O)CCc1cc(N)c(OC)c(OC)c1. The molecule has 0 radical (unpaired) electrons. The van der Waals surface area contributed by atoms with E-state index >= 15 is 0 Å². The van der Waals surface area contributed by atoms with Crippen LogP contribution in [-0.2, 0) is 11.2 Å². The summed E-state index contributed by atoms with van der Waals surface area (Å²) in [4.78, 5) is 13.9. The molecule has 1 aromatic rings. The lowest BCUT2D eigenvalue weighted by atomic mass is 10.1. The van der Waals surface area contributed by atoms with Crippen molar-refractivity contribution in [2.24, 2.45) is 0 Å². The molecule has 1 rings (SSSR count). The quantitative estimate of drug-likeness (QED) is 0.562. The van der Waals surface area contributed by atoms with Crippen LogP contribution in [0, 0.1) is 0 Å². The Labute approximate surface area is 132 Å². The number of anilines is 1. The fourth-order valence-electron chi connectivity index (χ4n) is 2.20. The first-order chi connectivity index (χ1) is 10.6. The monoisotopic (exact) mass is 304 g/mol. The Morgan fingerprint density at radius 2 is 1.86 bits per heavy atom. The summed E-state index contributed by atoms with van der Waals surface area (Å²) in [6, 6.07) is 3.65. The second-order valence-corrected chi connectivity index (χ2v) is 4.80. The van der Waals surface area contributed by atoms with Crippen molar-refractivity contribution < 1.29 is 14.3 Å². The fraction of sp³-hybridized carbons (Fsp3) is 0.353. The van der Waals surface area contributed by atoms with E-state index in [1.165, 1.54) is 0 Å². The molecule has 5 heteroatoms. The van der Waals surface area contributed by atoms with Crippen LogP contribution in [0.25, 0.3) is 0 Å². The number of rotatable bonds is 9. The fourth-order valence-corrected chi connectivity index (χ4v) is 2.20. The Balaban J connectivity index is 2.78. The van der Waals surface area contributed by atoms with E-state index < -0.39 is 0 Å². The lowest BCUT2D eigenvalue weighted by Crippen LogP contribution is -2.31. The van der Waals surface area contributed by atoms with E-state index in [-0.39, 0.29) is 5.91 Å². The number of nitrogen functional groups attached to an aromatic ring is 1. The largest absolute Gasteiger partial charge is 0.493 e. The van der Waals surface area contributed by atoms with Gasteiger partial charge in [-0.05, 0) is 24.1 Å². The molecule has 2 N–H and O–H groups in total. The zero-order chi connectivity index (χ0) is 16.5. The minimum atomic E-state index is 0.0492. The van der Waals surface area contributed by atoms with Crippen molar-refractivity contribution in [1.82, 2.24) is 4.90 Å². The molecule has 1 amide bonds. The molecule has 0 aliphatic carbocycles. The first-order valence-electron chi connectivity index (χ1n) is 7.07. The highest BCUT2D eigenvalue weighted by Crippen LogP contribution is 2.34. The standard InChI is InChI=1S/C17H24N2O3/c1-5-9-19(10-6-2)16(20)8-7-13-11-14(18)17(22-4)15(12-13)21-3/h5-6,11-12H,1-2,7-10,18H2,3-4H3. The molecule has 120 valence electrons. The molecule has 0 atom stereocenters. The summed E-state index contributed by atoms with van der Waals surface area (Å²) in [7, 11) is 3.10. The molecule has 0 unspecified atom stereocenters. The zero-order valence-electron chi connectivity index (χ0n) is 13.3. The molecule has 0 saturated heterocycles. The molecule has 0 aromatic heterocycles. The van der Waals surface area contributed by atoms with Gasteiger partial charge in [-0.3, -0.25) is 4.79 Å². The molecule has 0 saturated carbocycles. The van der Waals surface area contributed by atoms with Crippen LogP contribution < -0.4 is 15.2 Å². The average Bonchev–Trinajstić information content (AvgIpc) is 2.51. The molecule has 0 aliphatic heterocycles. The topological polar surface area (TPSA) is 64.8 Å². The summed E-state index contributed by atoms with van der Waals surface area (Å²) in [6.07, 6.45) is 4.37. The van der Waals surface area contributed by atoms with Crippen LogP contribution in [0.3, 0.4) is 0 Å². The minimum absolute atomic E-state index is 0.0492. The van der Waals surface area contributed by atoms with Gasteiger partial charge < -0.3 is 20.1 Å². The number of aryl methyl sites for hydroxylation is 1. The van der Waals surface area contributed by atoms with Gasteiger partial charge in [0.25, 0.3) is 0 Å². The number of hydrogen-bond donors (Lipinski definition) is 1. The summed E-state index contributed by atoms with van der Waals surface area (Å²) >= 11 is 0. The highest BCUT2D eigenvalue weighted by Gasteiger charge is 2.13. The van der Waals surface area contributed by atoms with Gasteiger partial charge in [0.1, 0.15) is 0 Å². The number of ether oxygens (including phenoxy) is 2. The Bertz CT molecular complexity index is 531. The first-order valence-corrected chi connectivity index (χ1v) is 7.07. The molecule has 0 bridgehead atoms. The molecule has 5 nitrogen and oxygen atoms in total. The van der Waals surface area contributed by atoms with Crippen molar-refractivity contribution in [3.8, 4) is 11.5 Å². The number of nitrogens with two attached hydrogens (primary N) is 1.